The smallest absolute Gasteiger partial charge is 0.226 e. The number of carbonyl (C=O) groups excluding carboxylic acids is 1. The van der Waals surface area contributed by atoms with E-state index in [1.54, 1.807) is 0 Å². The van der Waals surface area contributed by atoms with Crippen LogP contribution in [0.2, 0.25) is 0 Å². The van der Waals surface area contributed by atoms with Crippen LogP contribution in [-0.4, -0.2) is 23.9 Å². The van der Waals surface area contributed by atoms with Crippen molar-refractivity contribution in [2.24, 2.45) is 28.9 Å². The van der Waals surface area contributed by atoms with Gasteiger partial charge in [0.25, 0.3) is 0 Å². The summed E-state index contributed by atoms with van der Waals surface area (Å²) in [6.07, 6.45) is 12.2. The van der Waals surface area contributed by atoms with Gasteiger partial charge in [0.1, 0.15) is 0 Å². The second kappa shape index (κ2) is 8.13. The lowest BCUT2D eigenvalue weighted by Crippen LogP contribution is -2.62. The molecule has 5 fully saturated rings. The number of rotatable bonds is 6. The van der Waals surface area contributed by atoms with Crippen LogP contribution < -0.4 is 11.1 Å². The molecule has 0 spiro atoms. The van der Waals surface area contributed by atoms with Crippen molar-refractivity contribution in [3.8, 4) is 0 Å². The molecule has 164 valence electrons. The molecule has 5 aliphatic rings. The molecule has 0 aromatic heterocycles. The highest BCUT2D eigenvalue weighted by Crippen LogP contribution is 2.68. The van der Waals surface area contributed by atoms with Gasteiger partial charge in [-0.15, -0.1) is 11.6 Å². The molecule has 1 amide bonds. The third kappa shape index (κ3) is 3.60. The Morgan fingerprint density at radius 3 is 2.33 bits per heavy atom. The molecule has 0 heterocycles. The minimum Gasteiger partial charge on any atom is -0.353 e. The number of nitrogens with two attached hydrogens (primary N) is 1. The Bertz CT molecular complexity index is 742. The Morgan fingerprint density at radius 2 is 1.70 bits per heavy atom. The fourth-order valence-electron chi connectivity index (χ4n) is 8.03. The number of benzene rings is 1. The fraction of sp³-hybridized carbons (Fsp3) is 0.731. The second-order valence-corrected chi connectivity index (χ2v) is 11.4. The van der Waals surface area contributed by atoms with E-state index in [4.69, 9.17) is 17.3 Å². The third-order valence-electron chi connectivity index (χ3n) is 9.15. The van der Waals surface area contributed by atoms with Crippen molar-refractivity contribution in [2.75, 3.05) is 5.88 Å². The molecule has 4 bridgehead atoms. The predicted octanol–water partition coefficient (Wildman–Crippen LogP) is 5.16. The van der Waals surface area contributed by atoms with Gasteiger partial charge in [-0.05, 0) is 99.4 Å². The van der Waals surface area contributed by atoms with E-state index in [1.165, 1.54) is 24.8 Å². The molecule has 1 aromatic rings. The highest BCUT2D eigenvalue weighted by atomic mass is 35.5. The maximum Gasteiger partial charge on any atom is 0.226 e. The van der Waals surface area contributed by atoms with Gasteiger partial charge in [0.2, 0.25) is 5.91 Å². The average molecular weight is 429 g/mol. The van der Waals surface area contributed by atoms with E-state index in [-0.39, 0.29) is 10.8 Å². The summed E-state index contributed by atoms with van der Waals surface area (Å²) < 4.78 is 0. The van der Waals surface area contributed by atoms with Crippen molar-refractivity contribution in [1.29, 1.82) is 0 Å². The quantitative estimate of drug-likeness (QED) is 0.615. The van der Waals surface area contributed by atoms with E-state index in [2.05, 4.69) is 35.6 Å². The van der Waals surface area contributed by atoms with Crippen LogP contribution in [0.3, 0.4) is 0 Å². The fourth-order valence-corrected chi connectivity index (χ4v) is 8.18. The second-order valence-electron chi connectivity index (χ2n) is 11.0. The lowest BCUT2D eigenvalue weighted by Gasteiger charge is -2.64. The minimum atomic E-state index is -0.168. The Balaban J connectivity index is 1.41. The van der Waals surface area contributed by atoms with Gasteiger partial charge in [-0.25, -0.2) is 0 Å². The van der Waals surface area contributed by atoms with Gasteiger partial charge in [-0.3, -0.25) is 4.79 Å². The Kier molecular flexibility index (Phi) is 5.64. The number of hydrogen-bond acceptors (Lipinski definition) is 2. The van der Waals surface area contributed by atoms with E-state index in [0.717, 1.165) is 63.2 Å². The molecule has 5 saturated carbocycles. The van der Waals surface area contributed by atoms with E-state index in [1.807, 2.05) is 0 Å². The highest BCUT2D eigenvalue weighted by molar-refractivity contribution is 6.17. The summed E-state index contributed by atoms with van der Waals surface area (Å²) in [5, 5.41) is 3.51. The summed E-state index contributed by atoms with van der Waals surface area (Å²) in [5.74, 6) is 3.21. The molecule has 2 atom stereocenters. The number of hydrogen-bond donors (Lipinski definition) is 2. The van der Waals surface area contributed by atoms with E-state index in [9.17, 15) is 4.79 Å². The van der Waals surface area contributed by atoms with Gasteiger partial charge in [-0.2, -0.15) is 0 Å². The lowest BCUT2D eigenvalue weighted by atomic mass is 9.39. The third-order valence-corrected chi connectivity index (χ3v) is 9.41. The highest BCUT2D eigenvalue weighted by Gasteiger charge is 2.63. The molecule has 1 aromatic carbocycles. The van der Waals surface area contributed by atoms with Crippen LogP contribution in [0.25, 0.3) is 0 Å². The molecule has 5 aliphatic carbocycles. The van der Waals surface area contributed by atoms with Crippen LogP contribution in [0.5, 0.6) is 0 Å². The monoisotopic (exact) mass is 428 g/mol. The van der Waals surface area contributed by atoms with Gasteiger partial charge in [0.05, 0.1) is 5.41 Å². The molecule has 0 radical (unpaired) electrons. The van der Waals surface area contributed by atoms with Crippen molar-refractivity contribution >= 4 is 17.5 Å². The summed E-state index contributed by atoms with van der Waals surface area (Å²) in [6, 6.07) is 11.7. The lowest BCUT2D eigenvalue weighted by molar-refractivity contribution is -0.159. The van der Waals surface area contributed by atoms with Crippen molar-refractivity contribution in [3.63, 3.8) is 0 Å². The summed E-state index contributed by atoms with van der Waals surface area (Å²) >= 11 is 6.06. The van der Waals surface area contributed by atoms with Gasteiger partial charge in [0.15, 0.2) is 0 Å². The van der Waals surface area contributed by atoms with Crippen LogP contribution in [0, 0.1) is 23.2 Å². The molecular formula is C26H37ClN2O. The number of alkyl halides is 1. The Morgan fingerprint density at radius 1 is 1.03 bits per heavy atom. The zero-order valence-corrected chi connectivity index (χ0v) is 18.9. The van der Waals surface area contributed by atoms with Gasteiger partial charge >= 0.3 is 0 Å². The first-order chi connectivity index (χ1) is 14.5. The van der Waals surface area contributed by atoms with E-state index < -0.39 is 0 Å². The van der Waals surface area contributed by atoms with Crippen molar-refractivity contribution in [2.45, 2.75) is 88.1 Å². The molecule has 0 saturated heterocycles. The van der Waals surface area contributed by atoms with Crippen LogP contribution in [0.15, 0.2) is 30.3 Å². The summed E-state index contributed by atoms with van der Waals surface area (Å²) in [5.41, 5.74) is 7.58. The molecule has 4 heteroatoms. The first kappa shape index (κ1) is 20.8. The SMILES string of the molecule is N[C@H]1CC[C@H](NC(=O)C23CC4CC(c5ccccc5)(CC(C2)C4CCCCl)C3)CC1. The molecule has 3 N–H and O–H groups in total. The molecule has 2 unspecified atom stereocenters. The van der Waals surface area contributed by atoms with Gasteiger partial charge < -0.3 is 11.1 Å². The minimum absolute atomic E-state index is 0.168. The maximum absolute atomic E-state index is 13.8. The van der Waals surface area contributed by atoms with Crippen LogP contribution in [0.4, 0.5) is 0 Å². The molecule has 30 heavy (non-hydrogen) atoms. The summed E-state index contributed by atoms with van der Waals surface area (Å²) in [7, 11) is 0. The van der Waals surface area contributed by atoms with E-state index >= 15 is 0 Å². The number of amides is 1. The Hall–Kier alpha value is -1.06. The molecule has 3 nitrogen and oxygen atoms in total. The zero-order valence-electron chi connectivity index (χ0n) is 18.1. The van der Waals surface area contributed by atoms with Crippen LogP contribution >= 0.6 is 11.6 Å². The van der Waals surface area contributed by atoms with E-state index in [0.29, 0.717) is 29.8 Å². The first-order valence-electron chi connectivity index (χ1n) is 12.2. The van der Waals surface area contributed by atoms with Crippen molar-refractivity contribution in [1.82, 2.24) is 5.32 Å². The average Bonchev–Trinajstić information content (AvgIpc) is 2.75. The molecule has 0 aliphatic heterocycles. The number of carbonyl (C=O) groups is 1. The van der Waals surface area contributed by atoms with Crippen LogP contribution in [-0.2, 0) is 10.2 Å². The predicted molar refractivity (Wildman–Crippen MR) is 122 cm³/mol. The molecular weight excluding hydrogens is 392 g/mol. The first-order valence-corrected chi connectivity index (χ1v) is 12.8. The zero-order chi connectivity index (χ0) is 20.8. The molecule has 6 rings (SSSR count). The van der Waals surface area contributed by atoms with Crippen LogP contribution in [0.1, 0.15) is 76.2 Å². The van der Waals surface area contributed by atoms with Crippen molar-refractivity contribution < 1.29 is 4.79 Å². The largest absolute Gasteiger partial charge is 0.353 e. The van der Waals surface area contributed by atoms with Crippen molar-refractivity contribution in [3.05, 3.63) is 35.9 Å². The van der Waals surface area contributed by atoms with Gasteiger partial charge in [0, 0.05) is 18.0 Å². The summed E-state index contributed by atoms with van der Waals surface area (Å²) in [6.45, 7) is 0. The maximum atomic E-state index is 13.8. The standard InChI is InChI=1S/C26H37ClN2O/c27-12-4-7-23-18-13-25(20-5-2-1-3-6-20)14-19(23)16-26(15-18,17-25)24(30)29-22-10-8-21(28)9-11-22/h1-3,5-6,18-19,21-23H,4,7-17,28H2,(H,29,30)/t18?,19?,21-,22-,23?,25?,26?. The van der Waals surface area contributed by atoms with Gasteiger partial charge in [-0.1, -0.05) is 30.3 Å². The number of nitrogens with one attached hydrogen (secondary N) is 1. The summed E-state index contributed by atoms with van der Waals surface area (Å²) in [4.78, 5) is 13.8. The topological polar surface area (TPSA) is 55.1 Å². The normalized spacial score (nSPS) is 42.3. The Labute approximate surface area is 186 Å². The number of halogens is 1.